The van der Waals surface area contributed by atoms with Crippen molar-refractivity contribution in [2.75, 3.05) is 19.6 Å². The summed E-state index contributed by atoms with van der Waals surface area (Å²) < 4.78 is 1.07. The highest BCUT2D eigenvalue weighted by Gasteiger charge is 2.35. The van der Waals surface area contributed by atoms with Crippen molar-refractivity contribution in [2.24, 2.45) is 5.92 Å². The lowest BCUT2D eigenvalue weighted by molar-refractivity contribution is 0.0623. The Bertz CT molecular complexity index is 695. The van der Waals surface area contributed by atoms with Crippen LogP contribution in [-0.4, -0.2) is 36.5 Å². The summed E-state index contributed by atoms with van der Waals surface area (Å²) in [6.45, 7) is 3.35. The first kappa shape index (κ1) is 16.1. The van der Waals surface area contributed by atoms with Crippen LogP contribution < -0.4 is 5.32 Å². The molecule has 0 aliphatic carbocycles. The SMILES string of the molecule is Cl.O=C(N[C@@H]1CN2CCC1CC2)c1sc2ccccc2c1Cl. The molecule has 0 spiro atoms. The Labute approximate surface area is 145 Å². The lowest BCUT2D eigenvalue weighted by atomic mass is 9.84. The third-order valence-electron chi connectivity index (χ3n) is 4.71. The molecule has 4 heterocycles. The molecule has 1 N–H and O–H groups in total. The van der Waals surface area contributed by atoms with Crippen molar-refractivity contribution >= 4 is 51.3 Å². The average Bonchev–Trinajstić information content (AvgIpc) is 2.86. The van der Waals surface area contributed by atoms with Gasteiger partial charge in [0.15, 0.2) is 0 Å². The Hall–Kier alpha value is -0.810. The minimum absolute atomic E-state index is 0. The minimum atomic E-state index is -0.0139. The molecule has 1 atom stereocenters. The molecule has 3 aliphatic heterocycles. The van der Waals surface area contributed by atoms with Crippen LogP contribution in [0.25, 0.3) is 10.1 Å². The first-order valence-corrected chi connectivity index (χ1v) is 8.62. The number of thiophene rings is 1. The molecule has 3 fully saturated rings. The second-order valence-corrected chi connectivity index (χ2v) is 7.39. The van der Waals surface area contributed by atoms with Gasteiger partial charge in [0.05, 0.1) is 5.02 Å². The van der Waals surface area contributed by atoms with E-state index < -0.39 is 0 Å². The molecule has 1 amide bonds. The van der Waals surface area contributed by atoms with Crippen molar-refractivity contribution in [2.45, 2.75) is 18.9 Å². The molecule has 3 saturated heterocycles. The van der Waals surface area contributed by atoms with E-state index in [0.29, 0.717) is 15.8 Å². The largest absolute Gasteiger partial charge is 0.347 e. The number of hydrogen-bond donors (Lipinski definition) is 1. The highest BCUT2D eigenvalue weighted by Crippen LogP contribution is 2.35. The quantitative estimate of drug-likeness (QED) is 0.887. The Kier molecular flexibility index (Phi) is 4.64. The molecule has 5 rings (SSSR count). The highest BCUT2D eigenvalue weighted by molar-refractivity contribution is 7.21. The van der Waals surface area contributed by atoms with Crippen molar-refractivity contribution in [3.8, 4) is 0 Å². The normalized spacial score (nSPS) is 26.7. The lowest BCUT2D eigenvalue weighted by Crippen LogP contribution is -2.57. The third kappa shape index (κ3) is 2.73. The molecule has 1 aromatic heterocycles. The summed E-state index contributed by atoms with van der Waals surface area (Å²) >= 11 is 7.87. The third-order valence-corrected chi connectivity index (χ3v) is 6.39. The predicted molar refractivity (Wildman–Crippen MR) is 94.5 cm³/mol. The number of fused-ring (bicyclic) bond motifs is 4. The number of halogens is 2. The molecule has 22 heavy (non-hydrogen) atoms. The van der Waals surface area contributed by atoms with E-state index in [0.717, 1.165) is 16.6 Å². The fraction of sp³-hybridized carbons (Fsp3) is 0.438. The Balaban J connectivity index is 0.00000144. The first-order chi connectivity index (χ1) is 10.2. The molecule has 118 valence electrons. The van der Waals surface area contributed by atoms with Gasteiger partial charge in [0, 0.05) is 22.7 Å². The van der Waals surface area contributed by atoms with E-state index in [1.54, 1.807) is 0 Å². The Morgan fingerprint density at radius 1 is 1.27 bits per heavy atom. The standard InChI is InChI=1S/C16H17ClN2OS.ClH/c17-14-11-3-1-2-4-13(11)21-15(14)16(20)18-12-9-19-7-5-10(12)6-8-19;/h1-4,10,12H,5-9H2,(H,18,20);1H/t12-;/m1./s1. The van der Waals surface area contributed by atoms with Crippen molar-refractivity contribution in [3.63, 3.8) is 0 Å². The van der Waals surface area contributed by atoms with Crippen LogP contribution in [0.5, 0.6) is 0 Å². The van der Waals surface area contributed by atoms with Gasteiger partial charge in [0.2, 0.25) is 0 Å². The summed E-state index contributed by atoms with van der Waals surface area (Å²) in [5.74, 6) is 0.618. The fourth-order valence-corrected chi connectivity index (χ4v) is 4.94. The van der Waals surface area contributed by atoms with Crippen LogP contribution in [0.3, 0.4) is 0 Å². The van der Waals surface area contributed by atoms with Crippen molar-refractivity contribution in [1.82, 2.24) is 10.2 Å². The number of benzene rings is 1. The van der Waals surface area contributed by atoms with E-state index in [4.69, 9.17) is 11.6 Å². The van der Waals surface area contributed by atoms with Gasteiger partial charge in [0.25, 0.3) is 5.91 Å². The zero-order valence-corrected chi connectivity index (χ0v) is 14.4. The van der Waals surface area contributed by atoms with Crippen LogP contribution in [0.2, 0.25) is 5.02 Å². The minimum Gasteiger partial charge on any atom is -0.347 e. The summed E-state index contributed by atoms with van der Waals surface area (Å²) in [7, 11) is 0. The number of carbonyl (C=O) groups excluding carboxylic acids is 1. The molecule has 2 bridgehead atoms. The number of rotatable bonds is 2. The molecule has 6 heteroatoms. The van der Waals surface area contributed by atoms with E-state index >= 15 is 0 Å². The highest BCUT2D eigenvalue weighted by atomic mass is 35.5. The van der Waals surface area contributed by atoms with Gasteiger partial charge in [-0.1, -0.05) is 29.8 Å². The van der Waals surface area contributed by atoms with Crippen molar-refractivity contribution in [1.29, 1.82) is 0 Å². The summed E-state index contributed by atoms with van der Waals surface area (Å²) in [6.07, 6.45) is 2.40. The van der Waals surface area contributed by atoms with Gasteiger partial charge in [0.1, 0.15) is 4.88 Å². The molecule has 0 unspecified atom stereocenters. The Morgan fingerprint density at radius 2 is 2.00 bits per heavy atom. The van der Waals surface area contributed by atoms with E-state index in [2.05, 4.69) is 10.2 Å². The number of nitrogens with one attached hydrogen (secondary N) is 1. The first-order valence-electron chi connectivity index (χ1n) is 7.42. The van der Waals surface area contributed by atoms with E-state index in [9.17, 15) is 4.79 Å². The van der Waals surface area contributed by atoms with Crippen molar-refractivity contribution in [3.05, 3.63) is 34.2 Å². The number of amides is 1. The van der Waals surface area contributed by atoms with E-state index in [1.807, 2.05) is 24.3 Å². The molecule has 0 saturated carbocycles. The van der Waals surface area contributed by atoms with Crippen LogP contribution in [0.4, 0.5) is 0 Å². The van der Waals surface area contributed by atoms with Gasteiger partial charge in [-0.25, -0.2) is 0 Å². The number of piperidine rings is 3. The molecule has 3 aliphatic rings. The summed E-state index contributed by atoms with van der Waals surface area (Å²) in [6, 6.07) is 8.19. The average molecular weight is 357 g/mol. The Morgan fingerprint density at radius 3 is 2.64 bits per heavy atom. The van der Waals surface area contributed by atoms with Crippen molar-refractivity contribution < 1.29 is 4.79 Å². The molecular formula is C16H18Cl2N2OS. The smallest absolute Gasteiger partial charge is 0.263 e. The van der Waals surface area contributed by atoms with Gasteiger partial charge in [-0.05, 0) is 37.9 Å². The molecule has 0 radical (unpaired) electrons. The lowest BCUT2D eigenvalue weighted by Gasteiger charge is -2.44. The van der Waals surface area contributed by atoms with Crippen LogP contribution in [-0.2, 0) is 0 Å². The summed E-state index contributed by atoms with van der Waals surface area (Å²) in [5, 5.41) is 4.78. The van der Waals surface area contributed by atoms with Gasteiger partial charge in [-0.2, -0.15) is 0 Å². The van der Waals surface area contributed by atoms with Gasteiger partial charge in [-0.15, -0.1) is 23.7 Å². The zero-order chi connectivity index (χ0) is 14.4. The molecule has 1 aromatic carbocycles. The maximum atomic E-state index is 12.6. The number of nitrogens with zero attached hydrogens (tertiary/aromatic N) is 1. The van der Waals surface area contributed by atoms with Crippen LogP contribution in [0, 0.1) is 5.92 Å². The predicted octanol–water partition coefficient (Wildman–Crippen LogP) is 3.80. The molecule has 3 nitrogen and oxygen atoms in total. The molecular weight excluding hydrogens is 339 g/mol. The van der Waals surface area contributed by atoms with Gasteiger partial charge in [-0.3, -0.25) is 4.79 Å². The van der Waals surface area contributed by atoms with Gasteiger partial charge >= 0.3 is 0 Å². The maximum absolute atomic E-state index is 12.6. The fourth-order valence-electron chi connectivity index (χ4n) is 3.52. The van der Waals surface area contributed by atoms with E-state index in [1.165, 1.54) is 37.3 Å². The van der Waals surface area contributed by atoms with Crippen LogP contribution in [0.15, 0.2) is 24.3 Å². The maximum Gasteiger partial charge on any atom is 0.263 e. The monoisotopic (exact) mass is 356 g/mol. The van der Waals surface area contributed by atoms with Gasteiger partial charge < -0.3 is 10.2 Å². The summed E-state index contributed by atoms with van der Waals surface area (Å²) in [5.41, 5.74) is 0. The van der Waals surface area contributed by atoms with Crippen LogP contribution in [0.1, 0.15) is 22.5 Å². The number of hydrogen-bond acceptors (Lipinski definition) is 3. The second-order valence-electron chi connectivity index (χ2n) is 5.96. The second kappa shape index (κ2) is 6.36. The summed E-state index contributed by atoms with van der Waals surface area (Å²) in [4.78, 5) is 15.7. The van der Waals surface area contributed by atoms with E-state index in [-0.39, 0.29) is 24.4 Å². The zero-order valence-electron chi connectivity index (χ0n) is 12.0. The number of carbonyl (C=O) groups is 1. The topological polar surface area (TPSA) is 32.3 Å². The molecule has 2 aromatic rings. The van der Waals surface area contributed by atoms with Crippen LogP contribution >= 0.6 is 35.3 Å².